The molecule has 9 rings (SSSR count). The third-order valence-corrected chi connectivity index (χ3v) is 11.9. The van der Waals surface area contributed by atoms with Gasteiger partial charge in [0.15, 0.2) is 11.5 Å². The topological polar surface area (TPSA) is 40.2 Å². The Balaban J connectivity index is 1.25. The fourth-order valence-corrected chi connectivity index (χ4v) is 10.3. The van der Waals surface area contributed by atoms with Crippen molar-refractivity contribution in [3.8, 4) is 11.5 Å². The number of hydrogen-bond donors (Lipinski definition) is 0. The van der Waals surface area contributed by atoms with E-state index in [0.717, 1.165) is 43.1 Å². The van der Waals surface area contributed by atoms with E-state index in [9.17, 15) is 0 Å². The second-order valence-electron chi connectivity index (χ2n) is 13.5. The number of rotatable bonds is 8. The quantitative estimate of drug-likeness (QED) is 0.463. The van der Waals surface area contributed by atoms with E-state index in [1.165, 1.54) is 49.0 Å². The van der Waals surface area contributed by atoms with Crippen molar-refractivity contribution < 1.29 is 18.9 Å². The van der Waals surface area contributed by atoms with E-state index < -0.39 is 5.60 Å². The molecule has 5 fully saturated rings. The lowest BCUT2D eigenvalue weighted by Crippen LogP contribution is -2.83. The Morgan fingerprint density at radius 1 is 1.03 bits per heavy atom. The monoisotopic (exact) mass is 515 g/mol. The lowest BCUT2D eigenvalue weighted by atomic mass is 9.32. The third-order valence-electron chi connectivity index (χ3n) is 11.9. The summed E-state index contributed by atoms with van der Waals surface area (Å²) in [5.41, 5.74) is 3.80. The van der Waals surface area contributed by atoms with Crippen LogP contribution in [0.25, 0.3) is 0 Å². The molecule has 0 unspecified atom stereocenters. The van der Waals surface area contributed by atoms with Gasteiger partial charge in [-0.2, -0.15) is 0 Å². The minimum Gasteiger partial charge on any atom is -0.493 e. The summed E-state index contributed by atoms with van der Waals surface area (Å²) in [6.45, 7) is 6.19. The average molecular weight is 516 g/mol. The Kier molecular flexibility index (Phi) is 5.00. The normalized spacial score (nSPS) is 40.1. The first-order valence-corrected chi connectivity index (χ1v) is 14.8. The molecule has 38 heavy (non-hydrogen) atoms. The highest BCUT2D eigenvalue weighted by Crippen LogP contribution is 2.79. The highest BCUT2D eigenvalue weighted by atomic mass is 16.6. The summed E-state index contributed by atoms with van der Waals surface area (Å²) in [6, 6.07) is 15.6. The molecular weight excluding hydrogens is 474 g/mol. The fraction of sp³-hybridized carbons (Fsp3) is 0.636. The van der Waals surface area contributed by atoms with Gasteiger partial charge in [-0.1, -0.05) is 43.3 Å². The van der Waals surface area contributed by atoms with Crippen LogP contribution in [0.2, 0.25) is 0 Å². The highest BCUT2D eigenvalue weighted by Gasteiger charge is 2.83. The van der Waals surface area contributed by atoms with Crippen molar-refractivity contribution in [3.63, 3.8) is 0 Å². The van der Waals surface area contributed by atoms with Crippen molar-refractivity contribution in [2.45, 2.75) is 81.6 Å². The van der Waals surface area contributed by atoms with Crippen molar-refractivity contribution in [2.24, 2.45) is 16.7 Å². The molecule has 5 nitrogen and oxygen atoms in total. The van der Waals surface area contributed by atoms with Crippen LogP contribution in [0.5, 0.6) is 11.5 Å². The molecule has 0 N–H and O–H groups in total. The predicted molar refractivity (Wildman–Crippen MR) is 146 cm³/mol. The minimum absolute atomic E-state index is 0.0104. The van der Waals surface area contributed by atoms with E-state index >= 15 is 0 Å². The summed E-state index contributed by atoms with van der Waals surface area (Å²) in [5.74, 6) is 2.79. The van der Waals surface area contributed by atoms with Gasteiger partial charge in [0.1, 0.15) is 11.7 Å². The lowest BCUT2D eigenvalue weighted by molar-refractivity contribution is -0.314. The molecule has 6 atom stereocenters. The highest BCUT2D eigenvalue weighted by molar-refractivity contribution is 5.64. The van der Waals surface area contributed by atoms with Crippen molar-refractivity contribution in [1.29, 1.82) is 0 Å². The molecule has 0 aromatic heterocycles. The maximum absolute atomic E-state index is 7.19. The van der Waals surface area contributed by atoms with E-state index in [4.69, 9.17) is 18.9 Å². The maximum atomic E-state index is 7.19. The summed E-state index contributed by atoms with van der Waals surface area (Å²) < 4.78 is 26.4. The molecule has 1 saturated heterocycles. The van der Waals surface area contributed by atoms with Crippen molar-refractivity contribution in [1.82, 2.24) is 4.90 Å². The van der Waals surface area contributed by atoms with Gasteiger partial charge in [0, 0.05) is 41.5 Å². The summed E-state index contributed by atoms with van der Waals surface area (Å²) >= 11 is 0. The summed E-state index contributed by atoms with van der Waals surface area (Å²) in [4.78, 5) is 2.90. The Morgan fingerprint density at radius 3 is 2.63 bits per heavy atom. The molecule has 5 aliphatic carbocycles. The maximum Gasteiger partial charge on any atom is 0.165 e. The molecule has 0 amide bonds. The van der Waals surface area contributed by atoms with E-state index in [0.29, 0.717) is 19.3 Å². The molecule has 7 aliphatic rings. The van der Waals surface area contributed by atoms with Crippen molar-refractivity contribution in [3.05, 3.63) is 59.2 Å². The largest absolute Gasteiger partial charge is 0.493 e. The molecule has 202 valence electrons. The number of fused-ring (bicyclic) bond motifs is 2. The Bertz CT molecular complexity index is 1260. The molecule has 4 bridgehead atoms. The van der Waals surface area contributed by atoms with Crippen LogP contribution < -0.4 is 9.47 Å². The lowest BCUT2D eigenvalue weighted by Gasteiger charge is -2.76. The van der Waals surface area contributed by atoms with Crippen LogP contribution in [0.1, 0.15) is 62.1 Å². The number of methoxy groups -OCH3 is 2. The smallest absolute Gasteiger partial charge is 0.165 e. The summed E-state index contributed by atoms with van der Waals surface area (Å²) in [6.07, 6.45) is 8.44. The fourth-order valence-electron chi connectivity index (χ4n) is 10.3. The van der Waals surface area contributed by atoms with Gasteiger partial charge >= 0.3 is 0 Å². The molecule has 5 heteroatoms. The first-order chi connectivity index (χ1) is 18.5. The molecule has 2 spiro atoms. The van der Waals surface area contributed by atoms with Gasteiger partial charge in [-0.25, -0.2) is 0 Å². The average Bonchev–Trinajstić information content (AvgIpc) is 3.68. The summed E-state index contributed by atoms with van der Waals surface area (Å²) in [5, 5.41) is 0. The van der Waals surface area contributed by atoms with Gasteiger partial charge < -0.3 is 18.9 Å². The van der Waals surface area contributed by atoms with Crippen molar-refractivity contribution >= 4 is 0 Å². The van der Waals surface area contributed by atoms with Gasteiger partial charge in [-0.05, 0) is 74.6 Å². The zero-order valence-electron chi connectivity index (χ0n) is 23.1. The first-order valence-electron chi connectivity index (χ1n) is 14.8. The number of likely N-dealkylation sites (tertiary alicyclic amines) is 1. The number of hydrogen-bond acceptors (Lipinski definition) is 5. The second kappa shape index (κ2) is 7.99. The van der Waals surface area contributed by atoms with Gasteiger partial charge in [0.2, 0.25) is 0 Å². The van der Waals surface area contributed by atoms with Crippen LogP contribution in [-0.2, 0) is 27.9 Å². The van der Waals surface area contributed by atoms with Crippen molar-refractivity contribution in [2.75, 3.05) is 33.9 Å². The Hall–Kier alpha value is -2.08. The third kappa shape index (κ3) is 2.78. The zero-order chi connectivity index (χ0) is 25.8. The molecule has 2 aromatic carbocycles. The van der Waals surface area contributed by atoms with Crippen LogP contribution in [0, 0.1) is 16.7 Å². The molecule has 2 aliphatic heterocycles. The molecule has 2 aromatic rings. The van der Waals surface area contributed by atoms with Crippen LogP contribution in [0.4, 0.5) is 0 Å². The molecular formula is C33H41NO4. The Labute approximate surface area is 226 Å². The molecule has 2 heterocycles. The Morgan fingerprint density at radius 2 is 1.87 bits per heavy atom. The standard InChI is InChI=1S/C33H41NO4/c1-30(21-37-19-23-7-5-4-6-8-23)20-31-13-14-33(30,36-3)29-32(31)15-16-34(18-22-9-10-22)26(31)17-24-11-12-25(35-2)28(38-29)27(24)32/h4-8,11-12,22,26,29H,9-10,13-21H2,1-3H3/t26-,29-,30-,31-,32+,33+/m1/s1. The van der Waals surface area contributed by atoms with Gasteiger partial charge in [0.05, 0.1) is 20.3 Å². The number of nitrogens with zero attached hydrogens (tertiary/aromatic N) is 1. The SMILES string of the molecule is COc1ccc2c3c1O[C@H]1[C@@]4(OC)CC[C@@]5(C[C@]4(C)COCc4ccccc4)[C@@H](C2)N(CC2CC2)CC[C@]315. The number of ether oxygens (including phenoxy) is 4. The zero-order valence-corrected chi connectivity index (χ0v) is 23.1. The van der Waals surface area contributed by atoms with Crippen LogP contribution in [0.3, 0.4) is 0 Å². The number of benzene rings is 2. The van der Waals surface area contributed by atoms with E-state index in [-0.39, 0.29) is 22.3 Å². The van der Waals surface area contributed by atoms with Gasteiger partial charge in [-0.15, -0.1) is 0 Å². The van der Waals surface area contributed by atoms with Crippen LogP contribution in [0.15, 0.2) is 42.5 Å². The minimum atomic E-state index is -0.396. The second-order valence-corrected chi connectivity index (χ2v) is 13.5. The van der Waals surface area contributed by atoms with E-state index in [1.807, 2.05) is 7.11 Å². The van der Waals surface area contributed by atoms with E-state index in [1.54, 1.807) is 7.11 Å². The van der Waals surface area contributed by atoms with Crippen LogP contribution in [-0.4, -0.2) is 56.6 Å². The summed E-state index contributed by atoms with van der Waals surface area (Å²) in [7, 11) is 3.71. The molecule has 0 radical (unpaired) electrons. The predicted octanol–water partition coefficient (Wildman–Crippen LogP) is 5.53. The van der Waals surface area contributed by atoms with Gasteiger partial charge in [0.25, 0.3) is 0 Å². The van der Waals surface area contributed by atoms with Gasteiger partial charge in [-0.3, -0.25) is 4.90 Å². The first kappa shape index (κ1) is 23.8. The van der Waals surface area contributed by atoms with E-state index in [2.05, 4.69) is 54.3 Å². The number of piperidine rings is 1. The van der Waals surface area contributed by atoms with Crippen LogP contribution >= 0.6 is 0 Å². The molecule has 4 saturated carbocycles.